The molecular weight excluding hydrogens is 328 g/mol. The zero-order chi connectivity index (χ0) is 17.5. The Labute approximate surface area is 144 Å². The summed E-state index contributed by atoms with van der Waals surface area (Å²) in [5, 5.41) is 14.0. The van der Waals surface area contributed by atoms with Gasteiger partial charge in [0, 0.05) is 31.0 Å². The van der Waals surface area contributed by atoms with Gasteiger partial charge in [0.2, 0.25) is 5.91 Å². The molecule has 1 unspecified atom stereocenters. The molecule has 0 radical (unpaired) electrons. The molecule has 0 fully saturated rings. The zero-order valence-corrected chi connectivity index (χ0v) is 14.4. The fraction of sp³-hybridized carbons (Fsp3) is 0.353. The van der Waals surface area contributed by atoms with Crippen LogP contribution in [0.25, 0.3) is 10.6 Å². The molecule has 2 aromatic rings. The molecular formula is C17H20N2O4S. The number of carboxylic acids is 1. The molecule has 0 aliphatic rings. The summed E-state index contributed by atoms with van der Waals surface area (Å²) >= 11 is 1.28. The summed E-state index contributed by atoms with van der Waals surface area (Å²) in [4.78, 5) is 26.8. The van der Waals surface area contributed by atoms with Gasteiger partial charge in [-0.05, 0) is 25.0 Å². The normalized spacial score (nSPS) is 11.9. The average Bonchev–Trinajstić information content (AvgIpc) is 3.08. The van der Waals surface area contributed by atoms with Gasteiger partial charge in [0.15, 0.2) is 5.69 Å². The van der Waals surface area contributed by atoms with E-state index in [2.05, 4.69) is 10.3 Å². The third kappa shape index (κ3) is 5.14. The second kappa shape index (κ2) is 8.56. The van der Waals surface area contributed by atoms with Crippen LogP contribution in [0.5, 0.6) is 0 Å². The number of aromatic nitrogens is 1. The van der Waals surface area contributed by atoms with Crippen LogP contribution < -0.4 is 5.32 Å². The first-order valence-electron chi connectivity index (χ1n) is 7.57. The van der Waals surface area contributed by atoms with Crippen molar-refractivity contribution in [2.45, 2.75) is 32.4 Å². The fourth-order valence-electron chi connectivity index (χ4n) is 2.06. The highest BCUT2D eigenvalue weighted by atomic mass is 32.1. The maximum Gasteiger partial charge on any atom is 0.355 e. The number of thiazole rings is 1. The highest BCUT2D eigenvalue weighted by Crippen LogP contribution is 2.24. The molecule has 0 saturated heterocycles. The Morgan fingerprint density at radius 3 is 2.88 bits per heavy atom. The summed E-state index contributed by atoms with van der Waals surface area (Å²) in [6.45, 7) is 2.35. The lowest BCUT2D eigenvalue weighted by Gasteiger charge is -2.10. The van der Waals surface area contributed by atoms with Crippen LogP contribution in [0.3, 0.4) is 0 Å². The van der Waals surface area contributed by atoms with Crippen molar-refractivity contribution in [3.63, 3.8) is 0 Å². The van der Waals surface area contributed by atoms with Gasteiger partial charge in [-0.15, -0.1) is 11.3 Å². The summed E-state index contributed by atoms with van der Waals surface area (Å²) in [5.74, 6) is -1.06. The fourth-order valence-corrected chi connectivity index (χ4v) is 2.85. The monoisotopic (exact) mass is 348 g/mol. The minimum atomic E-state index is -1.04. The Morgan fingerprint density at radius 1 is 1.42 bits per heavy atom. The maximum atomic E-state index is 11.8. The number of ether oxygens (including phenoxy) is 1. The molecule has 2 rings (SSSR count). The van der Waals surface area contributed by atoms with E-state index in [1.54, 1.807) is 7.11 Å². The average molecular weight is 348 g/mol. The topological polar surface area (TPSA) is 88.5 Å². The Morgan fingerprint density at radius 2 is 2.21 bits per heavy atom. The van der Waals surface area contributed by atoms with E-state index < -0.39 is 5.97 Å². The molecule has 1 aromatic heterocycles. The number of benzene rings is 1. The number of hydrogen-bond acceptors (Lipinski definition) is 5. The van der Waals surface area contributed by atoms with E-state index >= 15 is 0 Å². The van der Waals surface area contributed by atoms with Gasteiger partial charge < -0.3 is 15.2 Å². The van der Waals surface area contributed by atoms with Gasteiger partial charge in [-0.1, -0.05) is 18.2 Å². The number of rotatable bonds is 8. The van der Waals surface area contributed by atoms with Crippen LogP contribution >= 0.6 is 11.3 Å². The van der Waals surface area contributed by atoms with Gasteiger partial charge >= 0.3 is 5.97 Å². The van der Waals surface area contributed by atoms with E-state index in [4.69, 9.17) is 9.84 Å². The number of carboxylic acid groups (broad SMARTS) is 1. The molecule has 1 atom stereocenters. The third-order valence-corrected chi connectivity index (χ3v) is 4.46. The second-order valence-corrected chi connectivity index (χ2v) is 6.26. The summed E-state index contributed by atoms with van der Waals surface area (Å²) in [5.41, 5.74) is 1.82. The van der Waals surface area contributed by atoms with Gasteiger partial charge in [0.25, 0.3) is 0 Å². The minimum Gasteiger partial charge on any atom is -0.476 e. The van der Waals surface area contributed by atoms with Crippen LogP contribution in [0.2, 0.25) is 0 Å². The molecule has 7 heteroatoms. The van der Waals surface area contributed by atoms with Crippen LogP contribution in [0.15, 0.2) is 29.6 Å². The van der Waals surface area contributed by atoms with E-state index in [-0.39, 0.29) is 17.7 Å². The van der Waals surface area contributed by atoms with E-state index in [1.807, 2.05) is 31.2 Å². The van der Waals surface area contributed by atoms with Crippen molar-refractivity contribution in [2.75, 3.05) is 7.11 Å². The van der Waals surface area contributed by atoms with Gasteiger partial charge in [-0.3, -0.25) is 4.79 Å². The number of carbonyl (C=O) groups excluding carboxylic acids is 1. The molecule has 0 saturated carbocycles. The smallest absolute Gasteiger partial charge is 0.355 e. The SMILES string of the molecule is COC(C)CCC(=O)NCc1cccc(-c2nc(C(=O)O)cs2)c1. The van der Waals surface area contributed by atoms with Crippen molar-refractivity contribution >= 4 is 23.2 Å². The molecule has 128 valence electrons. The Kier molecular flexibility index (Phi) is 6.45. The summed E-state index contributed by atoms with van der Waals surface area (Å²) in [7, 11) is 1.63. The van der Waals surface area contributed by atoms with Crippen LogP contribution in [-0.4, -0.2) is 35.2 Å². The predicted octanol–water partition coefficient (Wildman–Crippen LogP) is 2.94. The van der Waals surface area contributed by atoms with Crippen molar-refractivity contribution in [2.24, 2.45) is 0 Å². The quantitative estimate of drug-likeness (QED) is 0.766. The third-order valence-electron chi connectivity index (χ3n) is 3.57. The number of hydrogen-bond donors (Lipinski definition) is 2. The van der Waals surface area contributed by atoms with E-state index in [0.717, 1.165) is 11.1 Å². The number of methoxy groups -OCH3 is 1. The lowest BCUT2D eigenvalue weighted by Crippen LogP contribution is -2.23. The zero-order valence-electron chi connectivity index (χ0n) is 13.6. The summed E-state index contributed by atoms with van der Waals surface area (Å²) in [6, 6.07) is 7.55. The number of amides is 1. The minimum absolute atomic E-state index is 0.0216. The summed E-state index contributed by atoms with van der Waals surface area (Å²) in [6.07, 6.45) is 1.16. The van der Waals surface area contributed by atoms with Crippen molar-refractivity contribution in [3.8, 4) is 10.6 Å². The number of nitrogens with zero attached hydrogens (tertiary/aromatic N) is 1. The molecule has 0 aliphatic heterocycles. The predicted molar refractivity (Wildman–Crippen MR) is 92.1 cm³/mol. The summed E-state index contributed by atoms with van der Waals surface area (Å²) < 4.78 is 5.12. The van der Waals surface area contributed by atoms with Gasteiger partial charge in [-0.2, -0.15) is 0 Å². The second-order valence-electron chi connectivity index (χ2n) is 5.41. The maximum absolute atomic E-state index is 11.8. The number of carbonyl (C=O) groups is 2. The van der Waals surface area contributed by atoms with Crippen molar-refractivity contribution in [1.82, 2.24) is 10.3 Å². The van der Waals surface area contributed by atoms with Gasteiger partial charge in [0.05, 0.1) is 6.10 Å². The van der Waals surface area contributed by atoms with Crippen molar-refractivity contribution < 1.29 is 19.4 Å². The molecule has 0 bridgehead atoms. The molecule has 0 spiro atoms. The lowest BCUT2D eigenvalue weighted by molar-refractivity contribution is -0.121. The Bertz CT molecular complexity index is 714. The first kappa shape index (κ1) is 18.1. The molecule has 1 amide bonds. The largest absolute Gasteiger partial charge is 0.476 e. The number of aromatic carboxylic acids is 1. The number of nitrogens with one attached hydrogen (secondary N) is 1. The van der Waals surface area contributed by atoms with Gasteiger partial charge in [-0.25, -0.2) is 9.78 Å². The van der Waals surface area contributed by atoms with E-state index in [0.29, 0.717) is 24.4 Å². The molecule has 1 heterocycles. The Balaban J connectivity index is 1.95. The molecule has 24 heavy (non-hydrogen) atoms. The van der Waals surface area contributed by atoms with Crippen LogP contribution in [0.4, 0.5) is 0 Å². The highest BCUT2D eigenvalue weighted by molar-refractivity contribution is 7.13. The first-order chi connectivity index (χ1) is 11.5. The first-order valence-corrected chi connectivity index (χ1v) is 8.45. The van der Waals surface area contributed by atoms with E-state index in [9.17, 15) is 9.59 Å². The van der Waals surface area contributed by atoms with Crippen molar-refractivity contribution in [1.29, 1.82) is 0 Å². The molecule has 2 N–H and O–H groups in total. The van der Waals surface area contributed by atoms with Crippen LogP contribution in [-0.2, 0) is 16.1 Å². The molecule has 6 nitrogen and oxygen atoms in total. The molecule has 1 aromatic carbocycles. The molecule has 0 aliphatic carbocycles. The van der Waals surface area contributed by atoms with Crippen LogP contribution in [0, 0.1) is 0 Å². The highest BCUT2D eigenvalue weighted by Gasteiger charge is 2.11. The van der Waals surface area contributed by atoms with Crippen molar-refractivity contribution in [3.05, 3.63) is 40.9 Å². The lowest BCUT2D eigenvalue weighted by atomic mass is 10.1. The van der Waals surface area contributed by atoms with Gasteiger partial charge in [0.1, 0.15) is 5.01 Å². The van der Waals surface area contributed by atoms with Crippen LogP contribution in [0.1, 0.15) is 35.8 Å². The standard InChI is InChI=1S/C17H20N2O4S/c1-11(23-2)6-7-15(20)18-9-12-4-3-5-13(8-12)16-19-14(10-24-16)17(21)22/h3-5,8,10-11H,6-7,9H2,1-2H3,(H,18,20)(H,21,22). The van der Waals surface area contributed by atoms with E-state index in [1.165, 1.54) is 16.7 Å². The Hall–Kier alpha value is -2.25.